The Morgan fingerprint density at radius 2 is 2.39 bits per heavy atom. The quantitative estimate of drug-likeness (QED) is 0.895. The van der Waals surface area contributed by atoms with Crippen LogP contribution >= 0.6 is 0 Å². The van der Waals surface area contributed by atoms with E-state index in [4.69, 9.17) is 4.74 Å². The highest BCUT2D eigenvalue weighted by molar-refractivity contribution is 5.41. The number of aromatic nitrogens is 2. The molecule has 0 saturated carbocycles. The van der Waals surface area contributed by atoms with Crippen molar-refractivity contribution in [3.63, 3.8) is 0 Å². The van der Waals surface area contributed by atoms with E-state index in [0.29, 0.717) is 5.92 Å². The van der Waals surface area contributed by atoms with Gasteiger partial charge in [0.1, 0.15) is 5.75 Å². The summed E-state index contributed by atoms with van der Waals surface area (Å²) in [6, 6.07) is 8.08. The number of hydrogen-bond donors (Lipinski definition) is 1. The fourth-order valence-electron chi connectivity index (χ4n) is 2.49. The van der Waals surface area contributed by atoms with Crippen molar-refractivity contribution in [2.45, 2.75) is 12.3 Å². The largest absolute Gasteiger partial charge is 0.497 e. The van der Waals surface area contributed by atoms with E-state index in [1.807, 2.05) is 30.7 Å². The van der Waals surface area contributed by atoms with Crippen LogP contribution in [0.15, 0.2) is 36.8 Å². The lowest BCUT2D eigenvalue weighted by Crippen LogP contribution is -2.10. The van der Waals surface area contributed by atoms with Crippen molar-refractivity contribution >= 4 is 0 Å². The number of imidazole rings is 1. The van der Waals surface area contributed by atoms with E-state index in [2.05, 4.69) is 20.9 Å². The second kappa shape index (κ2) is 4.82. The summed E-state index contributed by atoms with van der Waals surface area (Å²) in [7, 11) is 1.69. The second-order valence-electron chi connectivity index (χ2n) is 4.58. The van der Waals surface area contributed by atoms with Gasteiger partial charge in [0.05, 0.1) is 19.1 Å². The van der Waals surface area contributed by atoms with Crippen LogP contribution in [0.2, 0.25) is 0 Å². The first-order valence-electron chi connectivity index (χ1n) is 6.26. The first-order valence-corrected chi connectivity index (χ1v) is 6.26. The molecule has 1 fully saturated rings. The summed E-state index contributed by atoms with van der Waals surface area (Å²) in [4.78, 5) is 4.29. The third kappa shape index (κ3) is 1.99. The van der Waals surface area contributed by atoms with Gasteiger partial charge in [0.2, 0.25) is 0 Å². The molecule has 1 aromatic heterocycles. The molecule has 4 nitrogen and oxygen atoms in total. The van der Waals surface area contributed by atoms with Gasteiger partial charge in [0.25, 0.3) is 0 Å². The molecule has 0 radical (unpaired) electrons. The zero-order chi connectivity index (χ0) is 12.4. The molecule has 18 heavy (non-hydrogen) atoms. The molecule has 2 heterocycles. The molecule has 4 heteroatoms. The van der Waals surface area contributed by atoms with Crippen LogP contribution in [0, 0.1) is 0 Å². The molecule has 0 aliphatic carbocycles. The van der Waals surface area contributed by atoms with Gasteiger partial charge < -0.3 is 14.6 Å². The number of nitrogens with one attached hydrogen (secondary N) is 1. The average Bonchev–Trinajstić information content (AvgIpc) is 3.09. The van der Waals surface area contributed by atoms with Crippen LogP contribution in [0.5, 0.6) is 5.75 Å². The third-order valence-corrected chi connectivity index (χ3v) is 3.48. The molecule has 1 unspecified atom stereocenters. The molecule has 3 rings (SSSR count). The highest BCUT2D eigenvalue weighted by Crippen LogP contribution is 2.25. The van der Waals surface area contributed by atoms with Crippen molar-refractivity contribution in [1.29, 1.82) is 0 Å². The number of benzene rings is 1. The maximum absolute atomic E-state index is 5.27. The van der Waals surface area contributed by atoms with Gasteiger partial charge in [0, 0.05) is 30.4 Å². The van der Waals surface area contributed by atoms with Crippen LogP contribution in [0.1, 0.15) is 18.0 Å². The molecule has 0 bridgehead atoms. The lowest BCUT2D eigenvalue weighted by molar-refractivity contribution is 0.414. The standard InChI is InChI=1S/C14H17N3O/c1-18-13-4-2-3-12(7-13)17-10-16-9-14(17)11-5-6-15-8-11/h2-4,7,9-11,15H,5-6,8H2,1H3. The zero-order valence-corrected chi connectivity index (χ0v) is 10.5. The molecule has 1 aromatic carbocycles. The van der Waals surface area contributed by atoms with Crippen molar-refractivity contribution in [2.24, 2.45) is 0 Å². The Hall–Kier alpha value is -1.81. The number of ether oxygens (including phenoxy) is 1. The summed E-state index contributed by atoms with van der Waals surface area (Å²) >= 11 is 0. The minimum Gasteiger partial charge on any atom is -0.497 e. The van der Waals surface area contributed by atoms with E-state index in [9.17, 15) is 0 Å². The molecule has 0 amide bonds. The molecule has 1 aliphatic rings. The number of methoxy groups -OCH3 is 1. The Bertz CT molecular complexity index is 529. The Morgan fingerprint density at radius 1 is 1.44 bits per heavy atom. The van der Waals surface area contributed by atoms with Crippen LogP contribution in [0.4, 0.5) is 0 Å². The van der Waals surface area contributed by atoms with Gasteiger partial charge in [0.15, 0.2) is 0 Å². The minimum atomic E-state index is 0.554. The first-order chi connectivity index (χ1) is 8.88. The van der Waals surface area contributed by atoms with Crippen molar-refractivity contribution in [2.75, 3.05) is 20.2 Å². The van der Waals surface area contributed by atoms with E-state index in [0.717, 1.165) is 24.5 Å². The first kappa shape index (κ1) is 11.3. The van der Waals surface area contributed by atoms with E-state index in [1.165, 1.54) is 12.1 Å². The topological polar surface area (TPSA) is 39.1 Å². The molecule has 94 valence electrons. The number of hydrogen-bond acceptors (Lipinski definition) is 3. The summed E-state index contributed by atoms with van der Waals surface area (Å²) < 4.78 is 7.43. The number of nitrogens with zero attached hydrogens (tertiary/aromatic N) is 2. The summed E-state index contributed by atoms with van der Waals surface area (Å²) in [5.74, 6) is 1.43. The van der Waals surface area contributed by atoms with Gasteiger partial charge in [-0.3, -0.25) is 0 Å². The van der Waals surface area contributed by atoms with Crippen LogP contribution in [0.25, 0.3) is 5.69 Å². The maximum atomic E-state index is 5.27. The van der Waals surface area contributed by atoms with Crippen LogP contribution in [-0.2, 0) is 0 Å². The molecule has 1 N–H and O–H groups in total. The summed E-state index contributed by atoms with van der Waals surface area (Å²) in [6.07, 6.45) is 5.02. The van der Waals surface area contributed by atoms with Crippen LogP contribution in [-0.4, -0.2) is 29.8 Å². The molecule has 1 atom stereocenters. The van der Waals surface area contributed by atoms with Crippen LogP contribution in [0.3, 0.4) is 0 Å². The van der Waals surface area contributed by atoms with E-state index in [1.54, 1.807) is 7.11 Å². The molecular weight excluding hydrogens is 226 g/mol. The monoisotopic (exact) mass is 243 g/mol. The maximum Gasteiger partial charge on any atom is 0.120 e. The number of rotatable bonds is 3. The fourth-order valence-corrected chi connectivity index (χ4v) is 2.49. The van der Waals surface area contributed by atoms with Gasteiger partial charge in [-0.2, -0.15) is 0 Å². The average molecular weight is 243 g/mol. The van der Waals surface area contributed by atoms with Gasteiger partial charge in [-0.25, -0.2) is 4.98 Å². The third-order valence-electron chi connectivity index (χ3n) is 3.48. The van der Waals surface area contributed by atoms with E-state index in [-0.39, 0.29) is 0 Å². The van der Waals surface area contributed by atoms with E-state index >= 15 is 0 Å². The highest BCUT2D eigenvalue weighted by Gasteiger charge is 2.20. The highest BCUT2D eigenvalue weighted by atomic mass is 16.5. The lowest BCUT2D eigenvalue weighted by atomic mass is 10.1. The smallest absolute Gasteiger partial charge is 0.120 e. The Kier molecular flexibility index (Phi) is 3.02. The van der Waals surface area contributed by atoms with Crippen LogP contribution < -0.4 is 10.1 Å². The molecular formula is C14H17N3O. The SMILES string of the molecule is COc1cccc(-n2cncc2C2CCNC2)c1. The zero-order valence-electron chi connectivity index (χ0n) is 10.5. The normalized spacial score (nSPS) is 19.1. The van der Waals surface area contributed by atoms with Crippen molar-refractivity contribution in [1.82, 2.24) is 14.9 Å². The molecule has 0 spiro atoms. The lowest BCUT2D eigenvalue weighted by Gasteiger charge is -2.13. The van der Waals surface area contributed by atoms with Gasteiger partial charge >= 0.3 is 0 Å². The minimum absolute atomic E-state index is 0.554. The predicted octanol–water partition coefficient (Wildman–Crippen LogP) is 1.96. The summed E-state index contributed by atoms with van der Waals surface area (Å²) in [5, 5.41) is 3.40. The Balaban J connectivity index is 1.98. The van der Waals surface area contributed by atoms with Crippen molar-refractivity contribution < 1.29 is 4.74 Å². The van der Waals surface area contributed by atoms with Gasteiger partial charge in [-0.1, -0.05) is 6.07 Å². The fraction of sp³-hybridized carbons (Fsp3) is 0.357. The summed E-state index contributed by atoms with van der Waals surface area (Å²) in [5.41, 5.74) is 2.38. The summed E-state index contributed by atoms with van der Waals surface area (Å²) in [6.45, 7) is 2.13. The van der Waals surface area contributed by atoms with E-state index < -0.39 is 0 Å². The van der Waals surface area contributed by atoms with Crippen molar-refractivity contribution in [3.05, 3.63) is 42.5 Å². The van der Waals surface area contributed by atoms with Gasteiger partial charge in [-0.05, 0) is 25.1 Å². The molecule has 1 saturated heterocycles. The Labute approximate surface area is 107 Å². The van der Waals surface area contributed by atoms with Crippen molar-refractivity contribution in [3.8, 4) is 11.4 Å². The Morgan fingerprint density at radius 3 is 3.17 bits per heavy atom. The predicted molar refractivity (Wildman–Crippen MR) is 70.3 cm³/mol. The second-order valence-corrected chi connectivity index (χ2v) is 4.58. The molecule has 2 aromatic rings. The molecule has 1 aliphatic heterocycles. The van der Waals surface area contributed by atoms with Gasteiger partial charge in [-0.15, -0.1) is 0 Å².